The third-order valence-corrected chi connectivity index (χ3v) is 2.50. The molecule has 1 rings (SSSR count). The average molecular weight is 224 g/mol. The van der Waals surface area contributed by atoms with Crippen molar-refractivity contribution in [1.29, 1.82) is 0 Å². The van der Waals surface area contributed by atoms with E-state index < -0.39 is 0 Å². The molecule has 0 fully saturated rings. The molecule has 0 heterocycles. The third kappa shape index (κ3) is 3.72. The Hall–Kier alpha value is -1.26. The summed E-state index contributed by atoms with van der Waals surface area (Å²) in [7, 11) is 3.59. The highest BCUT2D eigenvalue weighted by atomic mass is 16.5. The fourth-order valence-electron chi connectivity index (χ4n) is 1.54. The zero-order chi connectivity index (χ0) is 12.0. The summed E-state index contributed by atoms with van der Waals surface area (Å²) in [5, 5.41) is 9.64. The third-order valence-electron chi connectivity index (χ3n) is 2.50. The Kier molecular flexibility index (Phi) is 5.08. The fraction of sp³-hybridized carbons (Fsp3) is 0.500. The van der Waals surface area contributed by atoms with E-state index in [0.717, 1.165) is 11.4 Å². The highest BCUT2D eigenvalue weighted by Crippen LogP contribution is 2.18. The van der Waals surface area contributed by atoms with E-state index in [0.29, 0.717) is 19.5 Å². The summed E-state index contributed by atoms with van der Waals surface area (Å²) in [5.74, 6) is 0.833. The van der Waals surface area contributed by atoms with Crippen LogP contribution >= 0.6 is 0 Å². The van der Waals surface area contributed by atoms with E-state index in [1.54, 1.807) is 7.11 Å². The van der Waals surface area contributed by atoms with Gasteiger partial charge in [-0.2, -0.15) is 0 Å². The van der Waals surface area contributed by atoms with Gasteiger partial charge in [-0.05, 0) is 37.2 Å². The largest absolute Gasteiger partial charge is 0.497 e. The number of hydrogen-bond acceptors (Lipinski definition) is 4. The number of anilines is 1. The molecule has 90 valence electrons. The topological polar surface area (TPSA) is 58.7 Å². The molecule has 0 amide bonds. The Labute approximate surface area is 96.6 Å². The van der Waals surface area contributed by atoms with Gasteiger partial charge in [0.2, 0.25) is 0 Å². The van der Waals surface area contributed by atoms with Gasteiger partial charge in [-0.1, -0.05) is 0 Å². The van der Waals surface area contributed by atoms with Crippen LogP contribution < -0.4 is 15.4 Å². The number of aliphatic hydroxyl groups excluding tert-OH is 1. The van der Waals surface area contributed by atoms with Crippen molar-refractivity contribution in [3.05, 3.63) is 24.3 Å². The number of aliphatic hydroxyl groups is 1. The van der Waals surface area contributed by atoms with Crippen molar-refractivity contribution in [3.8, 4) is 5.75 Å². The molecule has 0 saturated carbocycles. The SMILES string of the molecule is COc1ccc(N(C)CC(O)CCN)cc1. The van der Waals surface area contributed by atoms with Gasteiger partial charge in [-0.3, -0.25) is 0 Å². The molecule has 0 aliphatic carbocycles. The van der Waals surface area contributed by atoms with Gasteiger partial charge in [0.25, 0.3) is 0 Å². The molecule has 1 atom stereocenters. The summed E-state index contributed by atoms with van der Waals surface area (Å²) in [6, 6.07) is 7.74. The maximum Gasteiger partial charge on any atom is 0.119 e. The molecule has 1 unspecified atom stereocenters. The molecular weight excluding hydrogens is 204 g/mol. The summed E-state index contributed by atoms with van der Waals surface area (Å²) in [5.41, 5.74) is 6.44. The zero-order valence-corrected chi connectivity index (χ0v) is 9.89. The lowest BCUT2D eigenvalue weighted by atomic mass is 10.2. The van der Waals surface area contributed by atoms with Crippen LogP contribution in [0.2, 0.25) is 0 Å². The van der Waals surface area contributed by atoms with Crippen molar-refractivity contribution in [2.75, 3.05) is 32.1 Å². The lowest BCUT2D eigenvalue weighted by molar-refractivity contribution is 0.174. The Balaban J connectivity index is 2.55. The smallest absolute Gasteiger partial charge is 0.119 e. The quantitative estimate of drug-likeness (QED) is 0.752. The summed E-state index contributed by atoms with van der Waals surface area (Å²) < 4.78 is 5.08. The van der Waals surface area contributed by atoms with Crippen molar-refractivity contribution in [3.63, 3.8) is 0 Å². The van der Waals surface area contributed by atoms with E-state index >= 15 is 0 Å². The van der Waals surface area contributed by atoms with Gasteiger partial charge in [0, 0.05) is 19.3 Å². The second kappa shape index (κ2) is 6.35. The normalized spacial score (nSPS) is 12.2. The number of hydrogen-bond donors (Lipinski definition) is 2. The Morgan fingerprint density at radius 1 is 1.38 bits per heavy atom. The Bertz CT molecular complexity index is 300. The van der Waals surface area contributed by atoms with Gasteiger partial charge in [-0.15, -0.1) is 0 Å². The number of nitrogens with zero attached hydrogens (tertiary/aromatic N) is 1. The van der Waals surface area contributed by atoms with Gasteiger partial charge in [-0.25, -0.2) is 0 Å². The molecular formula is C12H20N2O2. The van der Waals surface area contributed by atoms with Crippen LogP contribution in [0.4, 0.5) is 5.69 Å². The number of likely N-dealkylation sites (N-methyl/N-ethyl adjacent to an activating group) is 1. The van der Waals surface area contributed by atoms with E-state index in [9.17, 15) is 5.11 Å². The number of benzene rings is 1. The predicted octanol–water partition coefficient (Wildman–Crippen LogP) is 0.841. The monoisotopic (exact) mass is 224 g/mol. The van der Waals surface area contributed by atoms with Crippen molar-refractivity contribution in [2.45, 2.75) is 12.5 Å². The Morgan fingerprint density at radius 2 is 2.00 bits per heavy atom. The minimum atomic E-state index is -0.378. The first-order valence-corrected chi connectivity index (χ1v) is 5.40. The second-order valence-corrected chi connectivity index (χ2v) is 3.81. The number of methoxy groups -OCH3 is 1. The highest BCUT2D eigenvalue weighted by Gasteiger charge is 2.07. The minimum Gasteiger partial charge on any atom is -0.497 e. The predicted molar refractivity (Wildman–Crippen MR) is 65.9 cm³/mol. The van der Waals surface area contributed by atoms with Crippen LogP contribution in [0.1, 0.15) is 6.42 Å². The Morgan fingerprint density at radius 3 is 2.50 bits per heavy atom. The van der Waals surface area contributed by atoms with Crippen LogP contribution in [0.15, 0.2) is 24.3 Å². The van der Waals surface area contributed by atoms with Crippen LogP contribution in [0.5, 0.6) is 5.75 Å². The van der Waals surface area contributed by atoms with Gasteiger partial charge < -0.3 is 20.5 Å². The van der Waals surface area contributed by atoms with E-state index in [2.05, 4.69) is 0 Å². The van der Waals surface area contributed by atoms with Crippen LogP contribution in [0.25, 0.3) is 0 Å². The number of rotatable bonds is 6. The fourth-order valence-corrected chi connectivity index (χ4v) is 1.54. The van der Waals surface area contributed by atoms with Gasteiger partial charge in [0.05, 0.1) is 13.2 Å². The minimum absolute atomic E-state index is 0.378. The molecule has 3 N–H and O–H groups in total. The summed E-state index contributed by atoms with van der Waals surface area (Å²) in [6.07, 6.45) is 0.248. The van der Waals surface area contributed by atoms with E-state index in [1.165, 1.54) is 0 Å². The molecule has 0 radical (unpaired) electrons. The lowest BCUT2D eigenvalue weighted by Gasteiger charge is -2.22. The van der Waals surface area contributed by atoms with Crippen molar-refractivity contribution in [2.24, 2.45) is 5.73 Å². The van der Waals surface area contributed by atoms with Gasteiger partial charge in [0.15, 0.2) is 0 Å². The van der Waals surface area contributed by atoms with E-state index in [1.807, 2.05) is 36.2 Å². The van der Waals surface area contributed by atoms with Crippen LogP contribution in [0.3, 0.4) is 0 Å². The second-order valence-electron chi connectivity index (χ2n) is 3.81. The van der Waals surface area contributed by atoms with Gasteiger partial charge in [0.1, 0.15) is 5.75 Å². The van der Waals surface area contributed by atoms with Crippen molar-refractivity contribution in [1.82, 2.24) is 0 Å². The number of ether oxygens (including phenoxy) is 1. The molecule has 1 aromatic rings. The molecule has 0 spiro atoms. The highest BCUT2D eigenvalue weighted by molar-refractivity contribution is 5.48. The summed E-state index contributed by atoms with van der Waals surface area (Å²) in [4.78, 5) is 2.00. The molecule has 4 nitrogen and oxygen atoms in total. The molecule has 16 heavy (non-hydrogen) atoms. The van der Waals surface area contributed by atoms with Crippen LogP contribution in [0, 0.1) is 0 Å². The standard InChI is InChI=1S/C12H20N2O2/c1-14(9-11(15)7-8-13)10-3-5-12(16-2)6-4-10/h3-6,11,15H,7-9,13H2,1-2H3. The number of nitrogens with two attached hydrogens (primary N) is 1. The summed E-state index contributed by atoms with van der Waals surface area (Å²) >= 11 is 0. The first kappa shape index (κ1) is 12.8. The van der Waals surface area contributed by atoms with E-state index in [4.69, 9.17) is 10.5 Å². The average Bonchev–Trinajstić information content (AvgIpc) is 2.29. The molecule has 0 aliphatic rings. The maximum absolute atomic E-state index is 9.64. The molecule has 1 aromatic carbocycles. The van der Waals surface area contributed by atoms with Crippen LogP contribution in [-0.4, -0.2) is 38.5 Å². The molecule has 0 bridgehead atoms. The van der Waals surface area contributed by atoms with E-state index in [-0.39, 0.29) is 6.10 Å². The van der Waals surface area contributed by atoms with Crippen molar-refractivity contribution < 1.29 is 9.84 Å². The zero-order valence-electron chi connectivity index (χ0n) is 9.89. The molecule has 0 aliphatic heterocycles. The summed E-state index contributed by atoms with van der Waals surface area (Å²) in [6.45, 7) is 1.10. The molecule has 0 aromatic heterocycles. The first-order valence-electron chi connectivity index (χ1n) is 5.40. The lowest BCUT2D eigenvalue weighted by Crippen LogP contribution is -2.30. The van der Waals surface area contributed by atoms with Gasteiger partial charge >= 0.3 is 0 Å². The first-order chi connectivity index (χ1) is 7.67. The molecule has 0 saturated heterocycles. The van der Waals surface area contributed by atoms with Crippen LogP contribution in [-0.2, 0) is 0 Å². The molecule has 4 heteroatoms. The maximum atomic E-state index is 9.64. The van der Waals surface area contributed by atoms with Crippen molar-refractivity contribution >= 4 is 5.69 Å².